The summed E-state index contributed by atoms with van der Waals surface area (Å²) in [6.45, 7) is 7.37. The first-order chi connectivity index (χ1) is 7.45. The van der Waals surface area contributed by atoms with Crippen LogP contribution in [0.4, 0.5) is 0 Å². The van der Waals surface area contributed by atoms with E-state index in [-0.39, 0.29) is 23.9 Å². The quantitative estimate of drug-likeness (QED) is 0.870. The molecule has 0 amide bonds. The molecule has 98 valence electrons. The van der Waals surface area contributed by atoms with E-state index in [2.05, 4.69) is 45.0 Å². The largest absolute Gasteiger partial charge is 0.330 e. The number of hydrogen-bond donors (Lipinski definition) is 2. The highest BCUT2D eigenvalue weighted by Gasteiger charge is 2.13. The minimum atomic E-state index is 0. The Morgan fingerprint density at radius 1 is 1.12 bits per heavy atom. The third-order valence-corrected chi connectivity index (χ3v) is 2.92. The molecule has 1 aromatic rings. The molecule has 0 aliphatic rings. The van der Waals surface area contributed by atoms with Crippen molar-refractivity contribution in [3.05, 3.63) is 35.4 Å². The monoisotopic (exact) mass is 256 g/mol. The molecule has 1 rings (SSSR count). The lowest BCUT2D eigenvalue weighted by atomic mass is 9.86. The van der Waals surface area contributed by atoms with Crippen LogP contribution in [-0.4, -0.2) is 6.54 Å². The Morgan fingerprint density at radius 3 is 2.06 bits per heavy atom. The van der Waals surface area contributed by atoms with E-state index >= 15 is 0 Å². The molecular weight excluding hydrogens is 232 g/mol. The Kier molecular flexibility index (Phi) is 6.76. The Morgan fingerprint density at radius 2 is 1.65 bits per heavy atom. The van der Waals surface area contributed by atoms with Crippen LogP contribution in [-0.2, 0) is 5.41 Å². The molecule has 1 atom stereocenters. The lowest BCUT2D eigenvalue weighted by Crippen LogP contribution is -2.14. The Hall–Kier alpha value is -0.570. The van der Waals surface area contributed by atoms with Crippen LogP contribution in [0.2, 0.25) is 0 Å². The summed E-state index contributed by atoms with van der Waals surface area (Å²) in [5, 5.41) is 0. The molecule has 0 unspecified atom stereocenters. The van der Waals surface area contributed by atoms with Gasteiger partial charge in [0.1, 0.15) is 0 Å². The fourth-order valence-electron chi connectivity index (χ4n) is 1.73. The highest BCUT2D eigenvalue weighted by atomic mass is 35.5. The second-order valence-electron chi connectivity index (χ2n) is 5.41. The molecule has 0 aliphatic carbocycles. The number of halogens is 1. The van der Waals surface area contributed by atoms with Crippen molar-refractivity contribution in [3.8, 4) is 0 Å². The van der Waals surface area contributed by atoms with Gasteiger partial charge >= 0.3 is 0 Å². The van der Waals surface area contributed by atoms with Crippen LogP contribution in [0.1, 0.15) is 50.8 Å². The van der Waals surface area contributed by atoms with E-state index in [0.717, 1.165) is 12.8 Å². The second-order valence-corrected chi connectivity index (χ2v) is 5.41. The lowest BCUT2D eigenvalue weighted by Gasteiger charge is -2.20. The van der Waals surface area contributed by atoms with E-state index < -0.39 is 0 Å². The summed E-state index contributed by atoms with van der Waals surface area (Å²) in [4.78, 5) is 0. The molecular formula is C14H25ClN2. The number of nitrogens with two attached hydrogens (primary N) is 2. The molecule has 17 heavy (non-hydrogen) atoms. The molecule has 0 fully saturated rings. The molecule has 0 heterocycles. The average Bonchev–Trinajstić information content (AvgIpc) is 2.25. The van der Waals surface area contributed by atoms with Gasteiger partial charge in [0, 0.05) is 6.04 Å². The fraction of sp³-hybridized carbons (Fsp3) is 0.571. The van der Waals surface area contributed by atoms with Crippen LogP contribution >= 0.6 is 12.4 Å². The Bertz CT molecular complexity index is 314. The standard InChI is InChI=1S/C14H24N2.ClH/c1-14(2,3)12-8-6-11(7-9-12)13(16)5-4-10-15;/h6-9,13H,4-5,10,15-16H2,1-3H3;1H/t13-;/m1./s1. The fourth-order valence-corrected chi connectivity index (χ4v) is 1.73. The van der Waals surface area contributed by atoms with Crippen LogP contribution in [0.15, 0.2) is 24.3 Å². The van der Waals surface area contributed by atoms with Gasteiger partial charge in [-0.05, 0) is 35.9 Å². The van der Waals surface area contributed by atoms with E-state index in [1.165, 1.54) is 11.1 Å². The number of rotatable bonds is 4. The number of benzene rings is 1. The van der Waals surface area contributed by atoms with Gasteiger partial charge in [0.15, 0.2) is 0 Å². The molecule has 0 aliphatic heterocycles. The van der Waals surface area contributed by atoms with Crippen LogP contribution in [0.25, 0.3) is 0 Å². The lowest BCUT2D eigenvalue weighted by molar-refractivity contribution is 0.587. The maximum atomic E-state index is 6.08. The molecule has 0 bridgehead atoms. The first kappa shape index (κ1) is 16.4. The molecule has 0 spiro atoms. The Labute approximate surface area is 111 Å². The molecule has 3 heteroatoms. The zero-order valence-electron chi connectivity index (χ0n) is 11.1. The molecule has 2 nitrogen and oxygen atoms in total. The zero-order chi connectivity index (χ0) is 12.2. The van der Waals surface area contributed by atoms with Gasteiger partial charge in [-0.1, -0.05) is 45.0 Å². The van der Waals surface area contributed by atoms with E-state index in [9.17, 15) is 0 Å². The van der Waals surface area contributed by atoms with Crippen molar-refractivity contribution in [1.29, 1.82) is 0 Å². The topological polar surface area (TPSA) is 52.0 Å². The minimum absolute atomic E-state index is 0. The van der Waals surface area contributed by atoms with E-state index in [1.54, 1.807) is 0 Å². The van der Waals surface area contributed by atoms with Crippen LogP contribution < -0.4 is 11.5 Å². The first-order valence-electron chi connectivity index (χ1n) is 6.01. The predicted molar refractivity (Wildman–Crippen MR) is 77.6 cm³/mol. The van der Waals surface area contributed by atoms with Crippen LogP contribution in [0.3, 0.4) is 0 Å². The summed E-state index contributed by atoms with van der Waals surface area (Å²) in [6, 6.07) is 8.76. The molecule has 4 N–H and O–H groups in total. The normalized spacial score (nSPS) is 13.0. The Balaban J connectivity index is 0.00000256. The van der Waals surface area contributed by atoms with Gasteiger partial charge in [-0.3, -0.25) is 0 Å². The predicted octanol–water partition coefficient (Wildman–Crippen LogP) is 3.14. The van der Waals surface area contributed by atoms with Crippen molar-refractivity contribution in [1.82, 2.24) is 0 Å². The maximum absolute atomic E-state index is 6.08. The first-order valence-corrected chi connectivity index (χ1v) is 6.01. The van der Waals surface area contributed by atoms with Gasteiger partial charge < -0.3 is 11.5 Å². The SMILES string of the molecule is CC(C)(C)c1ccc([C@H](N)CCCN)cc1.Cl. The zero-order valence-corrected chi connectivity index (χ0v) is 11.9. The van der Waals surface area contributed by atoms with Crippen LogP contribution in [0, 0.1) is 0 Å². The highest BCUT2D eigenvalue weighted by Crippen LogP contribution is 2.24. The molecule has 1 aromatic carbocycles. The molecule has 0 saturated heterocycles. The summed E-state index contributed by atoms with van der Waals surface area (Å²) >= 11 is 0. The summed E-state index contributed by atoms with van der Waals surface area (Å²) in [5.41, 5.74) is 14.3. The van der Waals surface area contributed by atoms with Crippen molar-refractivity contribution < 1.29 is 0 Å². The van der Waals surface area contributed by atoms with Gasteiger partial charge in [0.25, 0.3) is 0 Å². The van der Waals surface area contributed by atoms with Gasteiger partial charge in [-0.2, -0.15) is 0 Å². The van der Waals surface area contributed by atoms with Gasteiger partial charge in [-0.25, -0.2) is 0 Å². The third-order valence-electron chi connectivity index (χ3n) is 2.92. The van der Waals surface area contributed by atoms with Crippen molar-refractivity contribution in [2.24, 2.45) is 11.5 Å². The average molecular weight is 257 g/mol. The maximum Gasteiger partial charge on any atom is 0.0295 e. The minimum Gasteiger partial charge on any atom is -0.330 e. The summed E-state index contributed by atoms with van der Waals surface area (Å²) in [6.07, 6.45) is 1.95. The van der Waals surface area contributed by atoms with Crippen molar-refractivity contribution in [3.63, 3.8) is 0 Å². The third kappa shape index (κ3) is 5.07. The van der Waals surface area contributed by atoms with Crippen molar-refractivity contribution in [2.75, 3.05) is 6.54 Å². The molecule has 0 saturated carbocycles. The van der Waals surface area contributed by atoms with Crippen LogP contribution in [0.5, 0.6) is 0 Å². The van der Waals surface area contributed by atoms with Gasteiger partial charge in [-0.15, -0.1) is 12.4 Å². The van der Waals surface area contributed by atoms with Crippen molar-refractivity contribution in [2.45, 2.75) is 45.1 Å². The smallest absolute Gasteiger partial charge is 0.0295 e. The summed E-state index contributed by atoms with van der Waals surface area (Å²) < 4.78 is 0. The van der Waals surface area contributed by atoms with Gasteiger partial charge in [0.05, 0.1) is 0 Å². The van der Waals surface area contributed by atoms with Gasteiger partial charge in [0.2, 0.25) is 0 Å². The van der Waals surface area contributed by atoms with E-state index in [0.29, 0.717) is 6.54 Å². The highest BCUT2D eigenvalue weighted by molar-refractivity contribution is 5.85. The van der Waals surface area contributed by atoms with E-state index in [4.69, 9.17) is 11.5 Å². The molecule has 0 aromatic heterocycles. The summed E-state index contributed by atoms with van der Waals surface area (Å²) in [5.74, 6) is 0. The van der Waals surface area contributed by atoms with E-state index in [1.807, 2.05) is 0 Å². The molecule has 0 radical (unpaired) electrons. The number of hydrogen-bond acceptors (Lipinski definition) is 2. The van der Waals surface area contributed by atoms with Crippen molar-refractivity contribution >= 4 is 12.4 Å². The second kappa shape index (κ2) is 7.00. The summed E-state index contributed by atoms with van der Waals surface area (Å²) in [7, 11) is 0.